The van der Waals surface area contributed by atoms with E-state index in [0.29, 0.717) is 18.5 Å². The Kier molecular flexibility index (Phi) is 5.76. The van der Waals surface area contributed by atoms with Gasteiger partial charge in [-0.25, -0.2) is 4.68 Å². The van der Waals surface area contributed by atoms with Crippen molar-refractivity contribution in [3.05, 3.63) is 48.3 Å². The van der Waals surface area contributed by atoms with Gasteiger partial charge in [-0.3, -0.25) is 4.79 Å². The summed E-state index contributed by atoms with van der Waals surface area (Å²) in [5.41, 5.74) is 2.08. The molecular formula is C19H25ClN4O. The second kappa shape index (κ2) is 8.02. The normalized spacial score (nSPS) is 25.0. The molecule has 2 aromatic rings. The third-order valence-electron chi connectivity index (χ3n) is 5.38. The predicted octanol–water partition coefficient (Wildman–Crippen LogP) is 2.83. The largest absolute Gasteiger partial charge is 0.351 e. The molecule has 6 heteroatoms. The standard InChI is InChI=1S/C19H24N4O.ClH/c24-19(17-12-14-6-1-3-8-16(14)22-17)20-13-15-7-2-4-9-18(15)23-11-5-10-21-23;/h2,4-5,7,9-11,14,16-17,22H,1,3,6,8,12-13H2,(H,20,24);1H. The molecule has 0 spiro atoms. The summed E-state index contributed by atoms with van der Waals surface area (Å²) in [6, 6.07) is 10.5. The van der Waals surface area contributed by atoms with Gasteiger partial charge in [-0.1, -0.05) is 31.0 Å². The van der Waals surface area contributed by atoms with Gasteiger partial charge in [-0.2, -0.15) is 5.10 Å². The molecular weight excluding hydrogens is 336 g/mol. The molecule has 1 saturated carbocycles. The van der Waals surface area contributed by atoms with Crippen LogP contribution in [0, 0.1) is 5.92 Å². The lowest BCUT2D eigenvalue weighted by Gasteiger charge is -2.24. The zero-order valence-electron chi connectivity index (χ0n) is 14.2. The van der Waals surface area contributed by atoms with Crippen LogP contribution in [0.4, 0.5) is 0 Å². The molecule has 2 aliphatic rings. The minimum absolute atomic E-state index is 0. The number of amides is 1. The second-order valence-corrected chi connectivity index (χ2v) is 6.90. The molecule has 0 bridgehead atoms. The summed E-state index contributed by atoms with van der Waals surface area (Å²) in [6.07, 6.45) is 9.76. The van der Waals surface area contributed by atoms with Crippen molar-refractivity contribution in [3.63, 3.8) is 0 Å². The van der Waals surface area contributed by atoms with E-state index < -0.39 is 0 Å². The van der Waals surface area contributed by atoms with E-state index in [9.17, 15) is 4.79 Å². The number of benzene rings is 1. The number of nitrogens with one attached hydrogen (secondary N) is 2. The zero-order valence-corrected chi connectivity index (χ0v) is 15.0. The third-order valence-corrected chi connectivity index (χ3v) is 5.38. The van der Waals surface area contributed by atoms with Crippen molar-refractivity contribution in [3.8, 4) is 5.69 Å². The fourth-order valence-corrected chi connectivity index (χ4v) is 4.12. The van der Waals surface area contributed by atoms with Crippen molar-refractivity contribution in [2.75, 3.05) is 0 Å². The molecule has 2 N–H and O–H groups in total. The Bertz CT molecular complexity index is 689. The quantitative estimate of drug-likeness (QED) is 0.881. The number of hydrogen-bond acceptors (Lipinski definition) is 3. The molecule has 1 aromatic carbocycles. The number of hydrogen-bond donors (Lipinski definition) is 2. The molecule has 1 aliphatic heterocycles. The van der Waals surface area contributed by atoms with Crippen molar-refractivity contribution < 1.29 is 4.79 Å². The van der Waals surface area contributed by atoms with Crippen LogP contribution in [-0.2, 0) is 11.3 Å². The molecule has 2 heterocycles. The Morgan fingerprint density at radius 3 is 2.88 bits per heavy atom. The van der Waals surface area contributed by atoms with Crippen molar-refractivity contribution >= 4 is 18.3 Å². The lowest BCUT2D eigenvalue weighted by Crippen LogP contribution is -2.43. The minimum Gasteiger partial charge on any atom is -0.351 e. The number of carbonyl (C=O) groups excluding carboxylic acids is 1. The summed E-state index contributed by atoms with van der Waals surface area (Å²) in [5.74, 6) is 0.811. The van der Waals surface area contributed by atoms with Crippen molar-refractivity contribution in [1.82, 2.24) is 20.4 Å². The molecule has 134 valence electrons. The second-order valence-electron chi connectivity index (χ2n) is 6.90. The highest BCUT2D eigenvalue weighted by atomic mass is 35.5. The summed E-state index contributed by atoms with van der Waals surface area (Å²) < 4.78 is 1.84. The Morgan fingerprint density at radius 1 is 1.24 bits per heavy atom. The first-order valence-corrected chi connectivity index (χ1v) is 8.93. The van der Waals surface area contributed by atoms with Crippen LogP contribution >= 0.6 is 12.4 Å². The van der Waals surface area contributed by atoms with Crippen LogP contribution in [0.1, 0.15) is 37.7 Å². The molecule has 1 amide bonds. The van der Waals surface area contributed by atoms with E-state index in [-0.39, 0.29) is 24.4 Å². The average molecular weight is 361 g/mol. The number of aromatic nitrogens is 2. The number of rotatable bonds is 4. The van der Waals surface area contributed by atoms with E-state index in [1.807, 2.05) is 41.2 Å². The van der Waals surface area contributed by atoms with Crippen LogP contribution in [0.2, 0.25) is 0 Å². The zero-order chi connectivity index (χ0) is 16.4. The lowest BCUT2D eigenvalue weighted by molar-refractivity contribution is -0.123. The first kappa shape index (κ1) is 18.0. The summed E-state index contributed by atoms with van der Waals surface area (Å²) >= 11 is 0. The fourth-order valence-electron chi connectivity index (χ4n) is 4.12. The van der Waals surface area contributed by atoms with Crippen LogP contribution < -0.4 is 10.6 Å². The summed E-state index contributed by atoms with van der Waals surface area (Å²) in [7, 11) is 0. The van der Waals surface area contributed by atoms with Gasteiger partial charge in [0, 0.05) is 25.0 Å². The molecule has 25 heavy (non-hydrogen) atoms. The molecule has 1 aromatic heterocycles. The highest BCUT2D eigenvalue weighted by Gasteiger charge is 2.38. The highest BCUT2D eigenvalue weighted by molar-refractivity contribution is 5.85. The van der Waals surface area contributed by atoms with Crippen LogP contribution in [0.25, 0.3) is 5.69 Å². The summed E-state index contributed by atoms with van der Waals surface area (Å²) in [6.45, 7) is 0.530. The van der Waals surface area contributed by atoms with Gasteiger partial charge in [-0.05, 0) is 42.9 Å². The maximum absolute atomic E-state index is 12.6. The van der Waals surface area contributed by atoms with E-state index in [0.717, 1.165) is 17.7 Å². The van der Waals surface area contributed by atoms with E-state index in [1.54, 1.807) is 6.20 Å². The number of fused-ring (bicyclic) bond motifs is 1. The van der Waals surface area contributed by atoms with Gasteiger partial charge in [0.15, 0.2) is 0 Å². The van der Waals surface area contributed by atoms with E-state index in [4.69, 9.17) is 0 Å². The molecule has 2 fully saturated rings. The van der Waals surface area contributed by atoms with E-state index in [2.05, 4.69) is 15.7 Å². The first-order chi connectivity index (χ1) is 11.8. The molecule has 1 saturated heterocycles. The molecule has 1 aliphatic carbocycles. The molecule has 0 radical (unpaired) electrons. The average Bonchev–Trinajstić information content (AvgIpc) is 3.29. The van der Waals surface area contributed by atoms with E-state index >= 15 is 0 Å². The Hall–Kier alpha value is -1.85. The van der Waals surface area contributed by atoms with Gasteiger partial charge in [0.2, 0.25) is 5.91 Å². The summed E-state index contributed by atoms with van der Waals surface area (Å²) in [5, 5.41) is 10.9. The van der Waals surface area contributed by atoms with Gasteiger partial charge in [0.05, 0.1) is 11.7 Å². The molecule has 5 nitrogen and oxygen atoms in total. The predicted molar refractivity (Wildman–Crippen MR) is 99.9 cm³/mol. The molecule has 3 atom stereocenters. The third kappa shape index (κ3) is 3.88. The van der Waals surface area contributed by atoms with Crippen molar-refractivity contribution in [2.45, 2.75) is 50.7 Å². The van der Waals surface area contributed by atoms with Gasteiger partial charge >= 0.3 is 0 Å². The highest BCUT2D eigenvalue weighted by Crippen LogP contribution is 2.33. The van der Waals surface area contributed by atoms with Crippen molar-refractivity contribution in [1.29, 1.82) is 0 Å². The Labute approximate surface area is 154 Å². The monoisotopic (exact) mass is 360 g/mol. The van der Waals surface area contributed by atoms with Crippen LogP contribution in [0.5, 0.6) is 0 Å². The maximum Gasteiger partial charge on any atom is 0.237 e. The van der Waals surface area contributed by atoms with Crippen LogP contribution in [0.3, 0.4) is 0 Å². The van der Waals surface area contributed by atoms with Gasteiger partial charge < -0.3 is 10.6 Å². The maximum atomic E-state index is 12.6. The Morgan fingerprint density at radius 2 is 2.08 bits per heavy atom. The first-order valence-electron chi connectivity index (χ1n) is 8.93. The van der Waals surface area contributed by atoms with Crippen LogP contribution in [-0.4, -0.2) is 27.8 Å². The SMILES string of the molecule is Cl.O=C(NCc1ccccc1-n1cccn1)C1CC2CCCCC2N1. The number of nitrogens with zero attached hydrogens (tertiary/aromatic N) is 2. The minimum atomic E-state index is -0.0324. The number of para-hydroxylation sites is 1. The van der Waals surface area contributed by atoms with Crippen molar-refractivity contribution in [2.24, 2.45) is 5.92 Å². The smallest absolute Gasteiger partial charge is 0.237 e. The van der Waals surface area contributed by atoms with Gasteiger partial charge in [0.1, 0.15) is 0 Å². The van der Waals surface area contributed by atoms with E-state index in [1.165, 1.54) is 25.7 Å². The lowest BCUT2D eigenvalue weighted by atomic mass is 9.85. The number of halogens is 1. The molecule has 4 rings (SSSR count). The van der Waals surface area contributed by atoms with Crippen LogP contribution in [0.15, 0.2) is 42.7 Å². The van der Waals surface area contributed by atoms with Gasteiger partial charge in [0.25, 0.3) is 0 Å². The topological polar surface area (TPSA) is 59.0 Å². The van der Waals surface area contributed by atoms with Gasteiger partial charge in [-0.15, -0.1) is 12.4 Å². The summed E-state index contributed by atoms with van der Waals surface area (Å²) in [4.78, 5) is 12.6. The number of carbonyl (C=O) groups is 1. The Balaban J connectivity index is 0.00000182. The molecule has 3 unspecified atom stereocenters. The fraction of sp³-hybridized carbons (Fsp3) is 0.474.